The summed E-state index contributed by atoms with van der Waals surface area (Å²) in [6.07, 6.45) is 0. The molecule has 26 heavy (non-hydrogen) atoms. The zero-order chi connectivity index (χ0) is 18.6. The Morgan fingerprint density at radius 2 is 1.77 bits per heavy atom. The Kier molecular flexibility index (Phi) is 5.70. The van der Waals surface area contributed by atoms with E-state index < -0.39 is 21.5 Å². The molecule has 0 atom stereocenters. The maximum Gasteiger partial charge on any atom is 0.239 e. The number of anilines is 1. The van der Waals surface area contributed by atoms with Crippen LogP contribution in [-0.2, 0) is 20.4 Å². The molecule has 1 N–H and O–H groups in total. The first-order chi connectivity index (χ1) is 12.4. The molecule has 3 rings (SSSR count). The molecule has 0 bridgehead atoms. The van der Waals surface area contributed by atoms with E-state index >= 15 is 0 Å². The van der Waals surface area contributed by atoms with Gasteiger partial charge in [-0.1, -0.05) is 41.9 Å². The van der Waals surface area contributed by atoms with Gasteiger partial charge in [-0.3, -0.25) is 4.79 Å². The van der Waals surface area contributed by atoms with Crippen LogP contribution < -0.4 is 5.32 Å². The van der Waals surface area contributed by atoms with E-state index in [9.17, 15) is 13.2 Å². The van der Waals surface area contributed by atoms with Crippen LogP contribution in [-0.4, -0.2) is 25.1 Å². The van der Waals surface area contributed by atoms with Gasteiger partial charge in [0.1, 0.15) is 10.8 Å². The zero-order valence-corrected chi connectivity index (χ0v) is 15.9. The Labute approximate surface area is 160 Å². The highest BCUT2D eigenvalue weighted by atomic mass is 35.5. The van der Waals surface area contributed by atoms with Crippen molar-refractivity contribution in [2.45, 2.75) is 5.75 Å². The van der Waals surface area contributed by atoms with Crippen molar-refractivity contribution in [1.29, 1.82) is 0 Å². The van der Waals surface area contributed by atoms with Gasteiger partial charge in [0.2, 0.25) is 5.91 Å². The first-order valence-corrected chi connectivity index (χ1v) is 10.7. The standard InChI is InChI=1S/C18H15ClN2O3S2/c19-14-6-8-15(9-7-14)20-17(22)12-26(23,24)11-16-10-25-18(21-16)13-4-2-1-3-5-13/h1-10H,11-12H2,(H,20,22). The molecule has 0 radical (unpaired) electrons. The summed E-state index contributed by atoms with van der Waals surface area (Å²) in [6.45, 7) is 0. The highest BCUT2D eigenvalue weighted by Gasteiger charge is 2.19. The van der Waals surface area contributed by atoms with E-state index in [2.05, 4.69) is 10.3 Å². The van der Waals surface area contributed by atoms with E-state index in [1.54, 1.807) is 29.6 Å². The van der Waals surface area contributed by atoms with Gasteiger partial charge in [0, 0.05) is 21.7 Å². The molecular weight excluding hydrogens is 392 g/mol. The average molecular weight is 407 g/mol. The Morgan fingerprint density at radius 3 is 2.46 bits per heavy atom. The lowest BCUT2D eigenvalue weighted by molar-refractivity contribution is -0.113. The Bertz CT molecular complexity index is 1000. The smallest absolute Gasteiger partial charge is 0.239 e. The molecule has 0 saturated carbocycles. The molecule has 0 saturated heterocycles. The third kappa shape index (κ3) is 5.14. The third-order valence-corrected chi connectivity index (χ3v) is 6.05. The van der Waals surface area contributed by atoms with Crippen LogP contribution in [0.15, 0.2) is 60.0 Å². The van der Waals surface area contributed by atoms with Gasteiger partial charge in [-0.2, -0.15) is 0 Å². The number of sulfone groups is 1. The summed E-state index contributed by atoms with van der Waals surface area (Å²) in [6, 6.07) is 16.0. The van der Waals surface area contributed by atoms with Crippen LogP contribution in [0.5, 0.6) is 0 Å². The topological polar surface area (TPSA) is 76.1 Å². The van der Waals surface area contributed by atoms with Crippen LogP contribution >= 0.6 is 22.9 Å². The van der Waals surface area contributed by atoms with Gasteiger partial charge in [0.25, 0.3) is 0 Å². The summed E-state index contributed by atoms with van der Waals surface area (Å²) < 4.78 is 24.6. The highest BCUT2D eigenvalue weighted by Crippen LogP contribution is 2.24. The molecule has 0 fully saturated rings. The van der Waals surface area contributed by atoms with Gasteiger partial charge >= 0.3 is 0 Å². The normalized spacial score (nSPS) is 11.3. The lowest BCUT2D eigenvalue weighted by Crippen LogP contribution is -2.24. The molecule has 0 unspecified atom stereocenters. The quantitative estimate of drug-likeness (QED) is 0.670. The fourth-order valence-electron chi connectivity index (χ4n) is 2.29. The van der Waals surface area contributed by atoms with Gasteiger partial charge < -0.3 is 5.32 Å². The third-order valence-electron chi connectivity index (χ3n) is 3.42. The predicted octanol–water partition coefficient (Wildman–Crippen LogP) is 4.02. The molecule has 8 heteroatoms. The second kappa shape index (κ2) is 7.99. The van der Waals surface area contributed by atoms with E-state index in [0.29, 0.717) is 16.4 Å². The van der Waals surface area contributed by atoms with Crippen molar-refractivity contribution in [2.75, 3.05) is 11.1 Å². The number of hydrogen-bond donors (Lipinski definition) is 1. The second-order valence-electron chi connectivity index (χ2n) is 5.60. The summed E-state index contributed by atoms with van der Waals surface area (Å²) in [5.41, 5.74) is 1.87. The number of carbonyl (C=O) groups is 1. The largest absolute Gasteiger partial charge is 0.325 e. The highest BCUT2D eigenvalue weighted by molar-refractivity contribution is 7.91. The SMILES string of the molecule is O=C(CS(=O)(=O)Cc1csc(-c2ccccc2)n1)Nc1ccc(Cl)cc1. The molecule has 0 aliphatic heterocycles. The minimum Gasteiger partial charge on any atom is -0.325 e. The monoisotopic (exact) mass is 406 g/mol. The molecule has 5 nitrogen and oxygen atoms in total. The minimum atomic E-state index is -3.62. The van der Waals surface area contributed by atoms with Gasteiger partial charge in [0.05, 0.1) is 11.4 Å². The number of benzene rings is 2. The van der Waals surface area contributed by atoms with Crippen molar-refractivity contribution in [1.82, 2.24) is 4.98 Å². The van der Waals surface area contributed by atoms with Crippen LogP contribution in [0.1, 0.15) is 5.69 Å². The molecule has 1 aromatic heterocycles. The summed E-state index contributed by atoms with van der Waals surface area (Å²) >= 11 is 7.15. The number of hydrogen-bond acceptors (Lipinski definition) is 5. The molecule has 3 aromatic rings. The Morgan fingerprint density at radius 1 is 1.08 bits per heavy atom. The molecule has 2 aromatic carbocycles. The van der Waals surface area contributed by atoms with Gasteiger partial charge in [-0.15, -0.1) is 11.3 Å². The molecule has 0 aliphatic carbocycles. The number of halogens is 1. The summed E-state index contributed by atoms with van der Waals surface area (Å²) in [7, 11) is -3.62. The van der Waals surface area contributed by atoms with E-state index in [1.165, 1.54) is 11.3 Å². The van der Waals surface area contributed by atoms with Gasteiger partial charge in [-0.05, 0) is 24.3 Å². The van der Waals surface area contributed by atoms with Crippen molar-refractivity contribution in [3.8, 4) is 10.6 Å². The maximum absolute atomic E-state index is 12.3. The van der Waals surface area contributed by atoms with Crippen LogP contribution in [0, 0.1) is 0 Å². The Hall–Kier alpha value is -2.22. The van der Waals surface area contributed by atoms with E-state index in [0.717, 1.165) is 10.6 Å². The van der Waals surface area contributed by atoms with Crippen molar-refractivity contribution in [2.24, 2.45) is 0 Å². The van der Waals surface area contributed by atoms with Crippen molar-refractivity contribution in [3.05, 3.63) is 70.7 Å². The lowest BCUT2D eigenvalue weighted by atomic mass is 10.2. The number of carbonyl (C=O) groups excluding carboxylic acids is 1. The molecule has 1 amide bonds. The van der Waals surface area contributed by atoms with Crippen LogP contribution in [0.2, 0.25) is 5.02 Å². The van der Waals surface area contributed by atoms with E-state index in [4.69, 9.17) is 11.6 Å². The number of thiazole rings is 1. The van der Waals surface area contributed by atoms with Crippen LogP contribution in [0.25, 0.3) is 10.6 Å². The van der Waals surface area contributed by atoms with Gasteiger partial charge in [0.15, 0.2) is 9.84 Å². The number of aromatic nitrogens is 1. The van der Waals surface area contributed by atoms with E-state index in [-0.39, 0.29) is 5.75 Å². The van der Waals surface area contributed by atoms with Crippen molar-refractivity contribution in [3.63, 3.8) is 0 Å². The summed E-state index contributed by atoms with van der Waals surface area (Å²) in [4.78, 5) is 16.3. The minimum absolute atomic E-state index is 0.273. The first kappa shape index (κ1) is 18.6. The first-order valence-electron chi connectivity index (χ1n) is 7.67. The maximum atomic E-state index is 12.3. The summed E-state index contributed by atoms with van der Waals surface area (Å²) in [5, 5.41) is 5.54. The zero-order valence-electron chi connectivity index (χ0n) is 13.6. The number of amides is 1. The fraction of sp³-hybridized carbons (Fsp3) is 0.111. The number of rotatable bonds is 6. The van der Waals surface area contributed by atoms with Gasteiger partial charge in [-0.25, -0.2) is 13.4 Å². The van der Waals surface area contributed by atoms with Crippen molar-refractivity contribution < 1.29 is 13.2 Å². The van der Waals surface area contributed by atoms with Crippen LogP contribution in [0.4, 0.5) is 5.69 Å². The molecule has 0 aliphatic rings. The molecule has 0 spiro atoms. The predicted molar refractivity (Wildman–Crippen MR) is 105 cm³/mol. The fourth-order valence-corrected chi connectivity index (χ4v) is 4.52. The molecule has 1 heterocycles. The molecular formula is C18H15ClN2O3S2. The molecule has 134 valence electrons. The summed E-state index contributed by atoms with van der Waals surface area (Å²) in [5.74, 6) is -1.47. The second-order valence-corrected chi connectivity index (χ2v) is 8.96. The van der Waals surface area contributed by atoms with Crippen LogP contribution in [0.3, 0.4) is 0 Å². The van der Waals surface area contributed by atoms with Crippen molar-refractivity contribution >= 4 is 44.4 Å². The van der Waals surface area contributed by atoms with E-state index in [1.807, 2.05) is 30.3 Å². The average Bonchev–Trinajstić information content (AvgIpc) is 3.05. The number of nitrogens with one attached hydrogen (secondary N) is 1. The Balaban J connectivity index is 1.63. The lowest BCUT2D eigenvalue weighted by Gasteiger charge is -2.06. The number of nitrogens with zero attached hydrogens (tertiary/aromatic N) is 1.